The van der Waals surface area contributed by atoms with Gasteiger partial charge in [0.1, 0.15) is 0 Å². The van der Waals surface area contributed by atoms with Crippen LogP contribution in [0, 0.1) is 5.92 Å². The van der Waals surface area contributed by atoms with Crippen molar-refractivity contribution in [3.8, 4) is 0 Å². The third kappa shape index (κ3) is 7.51. The van der Waals surface area contributed by atoms with Crippen molar-refractivity contribution in [2.75, 3.05) is 38.5 Å². The zero-order valence-electron chi connectivity index (χ0n) is 18.0. The van der Waals surface area contributed by atoms with Crippen LogP contribution >= 0.6 is 24.8 Å². The van der Waals surface area contributed by atoms with Crippen LogP contribution in [0.2, 0.25) is 0 Å². The van der Waals surface area contributed by atoms with E-state index in [4.69, 9.17) is 5.73 Å². The third-order valence-electron chi connectivity index (χ3n) is 5.57. The van der Waals surface area contributed by atoms with Gasteiger partial charge in [0.15, 0.2) is 0 Å². The predicted octanol–water partition coefficient (Wildman–Crippen LogP) is 3.12. The Bertz CT molecular complexity index is 825. The molecule has 2 aromatic carbocycles. The highest BCUT2D eigenvalue weighted by atomic mass is 35.5. The molecule has 6 nitrogen and oxygen atoms in total. The third-order valence-corrected chi connectivity index (χ3v) is 5.57. The van der Waals surface area contributed by atoms with Crippen molar-refractivity contribution in [3.05, 3.63) is 65.7 Å². The van der Waals surface area contributed by atoms with Crippen molar-refractivity contribution in [3.63, 3.8) is 0 Å². The number of likely N-dealkylation sites (N-methyl/N-ethyl adjacent to an activating group) is 1. The summed E-state index contributed by atoms with van der Waals surface area (Å²) in [5, 5.41) is 2.92. The summed E-state index contributed by atoms with van der Waals surface area (Å²) in [6.07, 6.45) is 0.382. The van der Waals surface area contributed by atoms with Gasteiger partial charge in [0.05, 0.1) is 12.3 Å². The van der Waals surface area contributed by atoms with Gasteiger partial charge >= 0.3 is 0 Å². The lowest BCUT2D eigenvalue weighted by Crippen LogP contribution is -2.47. The Morgan fingerprint density at radius 3 is 2.13 bits per heavy atom. The first-order valence-corrected chi connectivity index (χ1v) is 10.1. The molecule has 0 saturated carbocycles. The molecule has 0 aromatic heterocycles. The fourth-order valence-electron chi connectivity index (χ4n) is 3.43. The average molecular weight is 467 g/mol. The molecule has 2 aromatic rings. The second-order valence-electron chi connectivity index (χ2n) is 7.77. The van der Waals surface area contributed by atoms with E-state index >= 15 is 0 Å². The van der Waals surface area contributed by atoms with Crippen LogP contribution in [-0.2, 0) is 16.0 Å². The molecule has 0 bridgehead atoms. The summed E-state index contributed by atoms with van der Waals surface area (Å²) in [5.41, 5.74) is 8.84. The average Bonchev–Trinajstić information content (AvgIpc) is 2.75. The molecule has 3 N–H and O–H groups in total. The van der Waals surface area contributed by atoms with Crippen LogP contribution in [-0.4, -0.2) is 54.8 Å². The Balaban J connectivity index is 0.00000240. The van der Waals surface area contributed by atoms with Gasteiger partial charge in [-0.1, -0.05) is 49.4 Å². The maximum atomic E-state index is 12.6. The van der Waals surface area contributed by atoms with Crippen molar-refractivity contribution >= 4 is 42.3 Å². The molecule has 2 unspecified atom stereocenters. The SMILES string of the molecule is CC(C(=O)Nc1ccc(CC(=O)N2CCN(C)CC2)cc1)C(N)c1ccccc1.Cl.Cl. The molecular weight excluding hydrogens is 435 g/mol. The van der Waals surface area contributed by atoms with Gasteiger partial charge in [0, 0.05) is 37.9 Å². The highest BCUT2D eigenvalue weighted by molar-refractivity contribution is 5.93. The Labute approximate surface area is 197 Å². The molecular formula is C23H32Cl2N4O2. The number of carbonyl (C=O) groups is 2. The number of piperazine rings is 1. The molecule has 2 amide bonds. The molecule has 1 fully saturated rings. The number of amides is 2. The van der Waals surface area contributed by atoms with Crippen LogP contribution in [0.3, 0.4) is 0 Å². The number of halogens is 2. The number of nitrogens with one attached hydrogen (secondary N) is 1. The van der Waals surface area contributed by atoms with Gasteiger partial charge in [0.25, 0.3) is 0 Å². The van der Waals surface area contributed by atoms with Gasteiger partial charge in [-0.15, -0.1) is 24.8 Å². The molecule has 3 rings (SSSR count). The summed E-state index contributed by atoms with van der Waals surface area (Å²) < 4.78 is 0. The molecule has 0 aliphatic carbocycles. The molecule has 1 heterocycles. The predicted molar refractivity (Wildman–Crippen MR) is 130 cm³/mol. The van der Waals surface area contributed by atoms with Gasteiger partial charge in [-0.05, 0) is 30.3 Å². The highest BCUT2D eigenvalue weighted by Crippen LogP contribution is 2.21. The lowest BCUT2D eigenvalue weighted by atomic mass is 9.94. The monoisotopic (exact) mass is 466 g/mol. The van der Waals surface area contributed by atoms with Crippen LogP contribution in [0.4, 0.5) is 5.69 Å². The summed E-state index contributed by atoms with van der Waals surface area (Å²) in [6.45, 7) is 5.22. The van der Waals surface area contributed by atoms with E-state index in [-0.39, 0.29) is 48.6 Å². The second-order valence-corrected chi connectivity index (χ2v) is 7.77. The van der Waals surface area contributed by atoms with Gasteiger partial charge in [-0.2, -0.15) is 0 Å². The minimum atomic E-state index is -0.365. The van der Waals surface area contributed by atoms with Gasteiger partial charge in [-0.3, -0.25) is 9.59 Å². The van der Waals surface area contributed by atoms with E-state index in [2.05, 4.69) is 17.3 Å². The van der Waals surface area contributed by atoms with E-state index in [1.807, 2.05) is 66.4 Å². The molecule has 1 aliphatic heterocycles. The molecule has 1 saturated heterocycles. The number of nitrogens with two attached hydrogens (primary N) is 1. The van der Waals surface area contributed by atoms with Gasteiger partial charge < -0.3 is 20.9 Å². The van der Waals surface area contributed by atoms with E-state index in [0.717, 1.165) is 37.3 Å². The zero-order valence-corrected chi connectivity index (χ0v) is 19.6. The lowest BCUT2D eigenvalue weighted by molar-refractivity contribution is -0.132. The molecule has 0 radical (unpaired) electrons. The maximum absolute atomic E-state index is 12.6. The Morgan fingerprint density at radius 1 is 0.968 bits per heavy atom. The number of hydrogen-bond donors (Lipinski definition) is 2. The summed E-state index contributed by atoms with van der Waals surface area (Å²) in [6, 6.07) is 16.7. The first-order chi connectivity index (χ1) is 13.9. The summed E-state index contributed by atoms with van der Waals surface area (Å²) >= 11 is 0. The lowest BCUT2D eigenvalue weighted by Gasteiger charge is -2.32. The fourth-order valence-corrected chi connectivity index (χ4v) is 3.43. The van der Waals surface area contributed by atoms with E-state index in [0.29, 0.717) is 12.1 Å². The number of anilines is 1. The quantitative estimate of drug-likeness (QED) is 0.685. The first-order valence-electron chi connectivity index (χ1n) is 10.1. The minimum absolute atomic E-state index is 0. The van der Waals surface area contributed by atoms with Crippen LogP contribution < -0.4 is 11.1 Å². The molecule has 1 aliphatic rings. The second kappa shape index (κ2) is 12.7. The highest BCUT2D eigenvalue weighted by Gasteiger charge is 2.22. The van der Waals surface area contributed by atoms with Crippen LogP contribution in [0.5, 0.6) is 0 Å². The van der Waals surface area contributed by atoms with Crippen LogP contribution in [0.1, 0.15) is 24.1 Å². The first kappa shape index (κ1) is 26.9. The summed E-state index contributed by atoms with van der Waals surface area (Å²) in [7, 11) is 2.07. The largest absolute Gasteiger partial charge is 0.340 e. The number of carbonyl (C=O) groups excluding carboxylic acids is 2. The standard InChI is InChI=1S/C23H30N4O2.2ClH/c1-17(22(24)19-6-4-3-5-7-19)23(29)25-20-10-8-18(9-11-20)16-21(28)27-14-12-26(2)13-15-27;;/h3-11,17,22H,12-16,24H2,1-2H3,(H,25,29);2*1H. The van der Waals surface area contributed by atoms with Crippen LogP contribution in [0.15, 0.2) is 54.6 Å². The van der Waals surface area contributed by atoms with Crippen LogP contribution in [0.25, 0.3) is 0 Å². The number of nitrogens with zero attached hydrogens (tertiary/aromatic N) is 2. The number of hydrogen-bond acceptors (Lipinski definition) is 4. The van der Waals surface area contributed by atoms with E-state index < -0.39 is 0 Å². The van der Waals surface area contributed by atoms with Crippen molar-refractivity contribution in [1.29, 1.82) is 0 Å². The summed E-state index contributed by atoms with van der Waals surface area (Å²) in [4.78, 5) is 29.2. The van der Waals surface area contributed by atoms with E-state index in [1.54, 1.807) is 0 Å². The van der Waals surface area contributed by atoms with Gasteiger partial charge in [-0.25, -0.2) is 0 Å². The number of rotatable bonds is 6. The van der Waals surface area contributed by atoms with E-state index in [1.165, 1.54) is 0 Å². The molecule has 31 heavy (non-hydrogen) atoms. The molecule has 8 heteroatoms. The molecule has 2 atom stereocenters. The maximum Gasteiger partial charge on any atom is 0.229 e. The van der Waals surface area contributed by atoms with Crippen molar-refractivity contribution in [2.45, 2.75) is 19.4 Å². The smallest absolute Gasteiger partial charge is 0.229 e. The Hall–Kier alpha value is -2.12. The Kier molecular flexibility index (Phi) is 11.0. The molecule has 0 spiro atoms. The fraction of sp³-hybridized carbons (Fsp3) is 0.391. The topological polar surface area (TPSA) is 78.7 Å². The minimum Gasteiger partial charge on any atom is -0.340 e. The normalized spacial score (nSPS) is 15.8. The van der Waals surface area contributed by atoms with Gasteiger partial charge in [0.2, 0.25) is 11.8 Å². The Morgan fingerprint density at radius 2 is 1.55 bits per heavy atom. The summed E-state index contributed by atoms with van der Waals surface area (Å²) in [5.74, 6) is -0.337. The zero-order chi connectivity index (χ0) is 20.8. The van der Waals surface area contributed by atoms with Crippen molar-refractivity contribution < 1.29 is 9.59 Å². The van der Waals surface area contributed by atoms with Crippen molar-refractivity contribution in [1.82, 2.24) is 9.80 Å². The van der Waals surface area contributed by atoms with E-state index in [9.17, 15) is 9.59 Å². The molecule has 170 valence electrons. The number of benzene rings is 2. The van der Waals surface area contributed by atoms with Crippen molar-refractivity contribution in [2.24, 2.45) is 11.7 Å².